The Morgan fingerprint density at radius 1 is 0.636 bits per heavy atom. The molecule has 0 aliphatic carbocycles. The van der Waals surface area contributed by atoms with Gasteiger partial charge in [-0.05, 0) is 73.0 Å². The van der Waals surface area contributed by atoms with E-state index in [2.05, 4.69) is 53.7 Å². The van der Waals surface area contributed by atoms with Crippen molar-refractivity contribution in [1.29, 1.82) is 0 Å². The van der Waals surface area contributed by atoms with Crippen molar-refractivity contribution in [1.82, 2.24) is 0 Å². The normalized spacial score (nSPS) is 11.9. The van der Waals surface area contributed by atoms with Gasteiger partial charge < -0.3 is 5.73 Å². The predicted octanol–water partition coefficient (Wildman–Crippen LogP) is 6.98. The lowest BCUT2D eigenvalue weighted by Crippen LogP contribution is -2.10. The average Bonchev–Trinajstić information content (AvgIpc) is 2.54. The lowest BCUT2D eigenvalue weighted by Gasteiger charge is -2.25. The van der Waals surface area contributed by atoms with Crippen LogP contribution in [0.25, 0.3) is 0 Å². The Balaban J connectivity index is 3.48. The molecule has 0 saturated heterocycles. The monoisotopic (exact) mass is 303 g/mol. The molecule has 0 aliphatic rings. The Kier molecular flexibility index (Phi) is 8.00. The van der Waals surface area contributed by atoms with Crippen LogP contribution >= 0.6 is 0 Å². The minimum atomic E-state index is 0.599. The van der Waals surface area contributed by atoms with Gasteiger partial charge in [0.25, 0.3) is 0 Å². The zero-order chi connectivity index (χ0) is 16.7. The fraction of sp³-hybridized carbons (Fsp3) is 0.714. The van der Waals surface area contributed by atoms with Crippen LogP contribution in [0.5, 0.6) is 0 Å². The van der Waals surface area contributed by atoms with Crippen molar-refractivity contribution in [2.24, 2.45) is 0 Å². The standard InChI is InChI=1S/C21H37N/c1-7-15(8-2)18-13-19(16(9-3)10-4)21(22)20(14-18)17(11-5)12-6/h13-17H,7-12,22H2,1-6H3. The molecule has 1 heteroatoms. The molecule has 1 aromatic carbocycles. The van der Waals surface area contributed by atoms with Crippen molar-refractivity contribution in [2.45, 2.75) is 97.8 Å². The van der Waals surface area contributed by atoms with Gasteiger partial charge in [0.2, 0.25) is 0 Å². The van der Waals surface area contributed by atoms with Gasteiger partial charge in [-0.3, -0.25) is 0 Å². The second kappa shape index (κ2) is 9.22. The first-order chi connectivity index (χ1) is 10.6. The van der Waals surface area contributed by atoms with Crippen LogP contribution in [0.3, 0.4) is 0 Å². The summed E-state index contributed by atoms with van der Waals surface area (Å²) in [5.41, 5.74) is 12.1. The van der Waals surface area contributed by atoms with E-state index in [4.69, 9.17) is 5.73 Å². The number of hydrogen-bond acceptors (Lipinski definition) is 1. The first-order valence-electron chi connectivity index (χ1n) is 9.50. The molecule has 0 heterocycles. The van der Waals surface area contributed by atoms with Gasteiger partial charge in [-0.25, -0.2) is 0 Å². The zero-order valence-electron chi connectivity index (χ0n) is 15.7. The van der Waals surface area contributed by atoms with Crippen molar-refractivity contribution in [2.75, 3.05) is 5.73 Å². The number of hydrogen-bond donors (Lipinski definition) is 1. The summed E-state index contributed by atoms with van der Waals surface area (Å²) >= 11 is 0. The van der Waals surface area contributed by atoms with Gasteiger partial charge in [0, 0.05) is 5.69 Å². The molecule has 22 heavy (non-hydrogen) atoms. The third-order valence-electron chi connectivity index (χ3n) is 5.57. The van der Waals surface area contributed by atoms with Crippen molar-refractivity contribution in [3.05, 3.63) is 28.8 Å². The second-order valence-corrected chi connectivity index (χ2v) is 6.65. The van der Waals surface area contributed by atoms with Crippen LogP contribution in [-0.4, -0.2) is 0 Å². The van der Waals surface area contributed by atoms with Gasteiger partial charge in [-0.15, -0.1) is 0 Å². The van der Waals surface area contributed by atoms with E-state index in [1.165, 1.54) is 55.2 Å². The summed E-state index contributed by atoms with van der Waals surface area (Å²) in [5, 5.41) is 0. The molecular weight excluding hydrogens is 266 g/mol. The predicted molar refractivity (Wildman–Crippen MR) is 101 cm³/mol. The fourth-order valence-electron chi connectivity index (χ4n) is 3.85. The van der Waals surface area contributed by atoms with Crippen LogP contribution in [-0.2, 0) is 0 Å². The Bertz CT molecular complexity index is 404. The molecule has 2 N–H and O–H groups in total. The van der Waals surface area contributed by atoms with Gasteiger partial charge in [-0.2, -0.15) is 0 Å². The minimum Gasteiger partial charge on any atom is -0.398 e. The highest BCUT2D eigenvalue weighted by Gasteiger charge is 2.20. The zero-order valence-corrected chi connectivity index (χ0v) is 15.7. The smallest absolute Gasteiger partial charge is 0.0385 e. The summed E-state index contributed by atoms with van der Waals surface area (Å²) in [7, 11) is 0. The topological polar surface area (TPSA) is 26.0 Å². The van der Waals surface area contributed by atoms with E-state index in [1.807, 2.05) is 0 Å². The van der Waals surface area contributed by atoms with E-state index in [0.29, 0.717) is 17.8 Å². The highest BCUT2D eigenvalue weighted by Crippen LogP contribution is 2.39. The molecule has 0 atom stereocenters. The Morgan fingerprint density at radius 3 is 1.23 bits per heavy atom. The van der Waals surface area contributed by atoms with Gasteiger partial charge in [0.15, 0.2) is 0 Å². The van der Waals surface area contributed by atoms with E-state index in [0.717, 1.165) is 5.69 Å². The van der Waals surface area contributed by atoms with Crippen molar-refractivity contribution >= 4 is 5.69 Å². The Hall–Kier alpha value is -0.980. The van der Waals surface area contributed by atoms with Gasteiger partial charge >= 0.3 is 0 Å². The highest BCUT2D eigenvalue weighted by molar-refractivity contribution is 5.59. The summed E-state index contributed by atoms with van der Waals surface area (Å²) < 4.78 is 0. The second-order valence-electron chi connectivity index (χ2n) is 6.65. The SMILES string of the molecule is CCC(CC)c1cc(C(CC)CC)c(N)c(C(CC)CC)c1. The van der Waals surface area contributed by atoms with Gasteiger partial charge in [-0.1, -0.05) is 53.7 Å². The first-order valence-corrected chi connectivity index (χ1v) is 9.50. The lowest BCUT2D eigenvalue weighted by molar-refractivity contribution is 0.609. The molecule has 0 unspecified atom stereocenters. The third-order valence-corrected chi connectivity index (χ3v) is 5.57. The summed E-state index contributed by atoms with van der Waals surface area (Å²) in [6.45, 7) is 13.8. The van der Waals surface area contributed by atoms with Crippen LogP contribution in [0.2, 0.25) is 0 Å². The Labute approximate surface area is 138 Å². The molecule has 1 nitrogen and oxygen atoms in total. The van der Waals surface area contributed by atoms with Gasteiger partial charge in [0.1, 0.15) is 0 Å². The molecule has 126 valence electrons. The number of nitrogen functional groups attached to an aromatic ring is 1. The van der Waals surface area contributed by atoms with Gasteiger partial charge in [0.05, 0.1) is 0 Å². The molecular formula is C21H37N. The summed E-state index contributed by atoms with van der Waals surface area (Å²) in [6.07, 6.45) is 7.13. The van der Waals surface area contributed by atoms with Crippen LogP contribution in [0.1, 0.15) is 115 Å². The van der Waals surface area contributed by atoms with E-state index >= 15 is 0 Å². The largest absolute Gasteiger partial charge is 0.398 e. The summed E-state index contributed by atoms with van der Waals surface area (Å²) in [4.78, 5) is 0. The van der Waals surface area contributed by atoms with Crippen LogP contribution in [0.15, 0.2) is 12.1 Å². The fourth-order valence-corrected chi connectivity index (χ4v) is 3.85. The summed E-state index contributed by atoms with van der Waals surface area (Å²) in [6, 6.07) is 4.85. The quantitative estimate of drug-likeness (QED) is 0.489. The number of rotatable bonds is 9. The van der Waals surface area contributed by atoms with E-state index < -0.39 is 0 Å². The van der Waals surface area contributed by atoms with E-state index in [-0.39, 0.29) is 0 Å². The van der Waals surface area contributed by atoms with Crippen LogP contribution < -0.4 is 5.73 Å². The third kappa shape index (κ3) is 4.06. The lowest BCUT2D eigenvalue weighted by atomic mass is 9.81. The maximum absolute atomic E-state index is 6.64. The maximum atomic E-state index is 6.64. The average molecular weight is 304 g/mol. The number of nitrogens with two attached hydrogens (primary N) is 1. The molecule has 1 rings (SSSR count). The number of benzene rings is 1. The van der Waals surface area contributed by atoms with Crippen molar-refractivity contribution in [3.8, 4) is 0 Å². The highest BCUT2D eigenvalue weighted by atomic mass is 14.6. The molecule has 1 aromatic rings. The van der Waals surface area contributed by atoms with E-state index in [1.54, 1.807) is 0 Å². The molecule has 0 saturated carbocycles. The Morgan fingerprint density at radius 2 is 0.955 bits per heavy atom. The first kappa shape index (κ1) is 19.1. The van der Waals surface area contributed by atoms with E-state index in [9.17, 15) is 0 Å². The molecule has 0 spiro atoms. The number of anilines is 1. The maximum Gasteiger partial charge on any atom is 0.0385 e. The molecule has 0 radical (unpaired) electrons. The summed E-state index contributed by atoms with van der Waals surface area (Å²) in [5.74, 6) is 1.87. The van der Waals surface area contributed by atoms with Crippen LogP contribution in [0.4, 0.5) is 5.69 Å². The molecule has 0 bridgehead atoms. The molecule has 0 aliphatic heterocycles. The van der Waals surface area contributed by atoms with Crippen molar-refractivity contribution < 1.29 is 0 Å². The van der Waals surface area contributed by atoms with Crippen molar-refractivity contribution in [3.63, 3.8) is 0 Å². The van der Waals surface area contributed by atoms with Crippen LogP contribution in [0, 0.1) is 0 Å². The molecule has 0 aromatic heterocycles. The molecule has 0 amide bonds. The minimum absolute atomic E-state index is 0.599. The molecule has 0 fully saturated rings.